The average molecular weight is 416 g/mol. The van der Waals surface area contributed by atoms with Crippen molar-refractivity contribution in [3.63, 3.8) is 0 Å². The Morgan fingerprint density at radius 3 is 2.14 bits per heavy atom. The van der Waals surface area contributed by atoms with Gasteiger partial charge in [-0.3, -0.25) is 9.69 Å². The zero-order valence-corrected chi connectivity index (χ0v) is 18.1. The van der Waals surface area contributed by atoms with E-state index in [0.29, 0.717) is 31.1 Å². The lowest BCUT2D eigenvalue weighted by molar-refractivity contribution is -0.117. The van der Waals surface area contributed by atoms with E-state index in [1.54, 1.807) is 30.3 Å². The van der Waals surface area contributed by atoms with Gasteiger partial charge in [-0.2, -0.15) is 4.31 Å². The quantitative estimate of drug-likeness (QED) is 0.815. The van der Waals surface area contributed by atoms with Gasteiger partial charge >= 0.3 is 0 Å². The maximum Gasteiger partial charge on any atom is 0.243 e. The summed E-state index contributed by atoms with van der Waals surface area (Å²) in [7, 11) is -3.48. The second-order valence-corrected chi connectivity index (χ2v) is 10.3. The number of hydrogen-bond acceptors (Lipinski definition) is 4. The standard InChI is InChI=1S/C22H29N3O3S/c1-22(2,3)19-11-7-8-12-20(19)23-21(26)17-24-13-15-25(16-14-24)29(27,28)18-9-5-4-6-10-18/h4-12H,13-17H2,1-3H3,(H,23,26). The van der Waals surface area contributed by atoms with Crippen LogP contribution in [0, 0.1) is 0 Å². The number of carbonyl (C=O) groups excluding carboxylic acids is 1. The van der Waals surface area contributed by atoms with E-state index in [-0.39, 0.29) is 17.9 Å². The number of amides is 1. The van der Waals surface area contributed by atoms with Gasteiger partial charge in [-0.05, 0) is 29.2 Å². The van der Waals surface area contributed by atoms with E-state index in [2.05, 4.69) is 26.1 Å². The molecule has 0 aliphatic carbocycles. The van der Waals surface area contributed by atoms with E-state index in [1.807, 2.05) is 29.2 Å². The Morgan fingerprint density at radius 1 is 0.931 bits per heavy atom. The maximum absolute atomic E-state index is 12.7. The van der Waals surface area contributed by atoms with Crippen LogP contribution in [0.25, 0.3) is 0 Å². The summed E-state index contributed by atoms with van der Waals surface area (Å²) >= 11 is 0. The molecule has 0 radical (unpaired) electrons. The number of rotatable bonds is 5. The Hall–Kier alpha value is -2.22. The zero-order chi connectivity index (χ0) is 21.1. The summed E-state index contributed by atoms with van der Waals surface area (Å²) in [6.07, 6.45) is 0. The third-order valence-electron chi connectivity index (χ3n) is 5.09. The summed E-state index contributed by atoms with van der Waals surface area (Å²) in [4.78, 5) is 14.9. The number of piperazine rings is 1. The molecule has 1 saturated heterocycles. The third kappa shape index (κ3) is 5.23. The van der Waals surface area contributed by atoms with Crippen LogP contribution in [-0.2, 0) is 20.2 Å². The van der Waals surface area contributed by atoms with Gasteiger partial charge in [-0.1, -0.05) is 57.2 Å². The first-order chi connectivity index (χ1) is 13.7. The molecule has 1 fully saturated rings. The van der Waals surface area contributed by atoms with Gasteiger partial charge in [0.05, 0.1) is 11.4 Å². The molecule has 0 aromatic heterocycles. The van der Waals surface area contributed by atoms with Gasteiger partial charge in [0.2, 0.25) is 15.9 Å². The van der Waals surface area contributed by atoms with Crippen molar-refractivity contribution in [2.24, 2.45) is 0 Å². The number of nitrogens with zero attached hydrogens (tertiary/aromatic N) is 2. The molecule has 1 heterocycles. The van der Waals surface area contributed by atoms with Crippen LogP contribution in [0.15, 0.2) is 59.5 Å². The summed E-state index contributed by atoms with van der Waals surface area (Å²) in [6.45, 7) is 8.41. The number of hydrogen-bond donors (Lipinski definition) is 1. The molecule has 2 aromatic rings. The lowest BCUT2D eigenvalue weighted by Gasteiger charge is -2.33. The number of carbonyl (C=O) groups is 1. The summed E-state index contributed by atoms with van der Waals surface area (Å²) < 4.78 is 26.9. The molecule has 1 amide bonds. The number of nitrogens with one attached hydrogen (secondary N) is 1. The lowest BCUT2D eigenvalue weighted by atomic mass is 9.86. The average Bonchev–Trinajstić information content (AvgIpc) is 2.68. The molecule has 0 spiro atoms. The first-order valence-electron chi connectivity index (χ1n) is 9.85. The molecule has 0 bridgehead atoms. The molecule has 6 nitrogen and oxygen atoms in total. The van der Waals surface area contributed by atoms with Crippen LogP contribution < -0.4 is 5.32 Å². The van der Waals surface area contributed by atoms with E-state index in [9.17, 15) is 13.2 Å². The molecule has 156 valence electrons. The largest absolute Gasteiger partial charge is 0.325 e. The van der Waals surface area contributed by atoms with Gasteiger partial charge in [0.25, 0.3) is 0 Å². The van der Waals surface area contributed by atoms with Gasteiger partial charge in [-0.15, -0.1) is 0 Å². The molecule has 29 heavy (non-hydrogen) atoms. The van der Waals surface area contributed by atoms with Gasteiger partial charge in [0.1, 0.15) is 0 Å². The molecule has 0 unspecified atom stereocenters. The summed E-state index contributed by atoms with van der Waals surface area (Å²) in [6, 6.07) is 16.3. The number of para-hydroxylation sites is 1. The van der Waals surface area contributed by atoms with Crippen molar-refractivity contribution in [2.75, 3.05) is 38.0 Å². The predicted octanol–water partition coefficient (Wildman–Crippen LogP) is 2.93. The van der Waals surface area contributed by atoms with Crippen LogP contribution in [0.5, 0.6) is 0 Å². The van der Waals surface area contributed by atoms with Gasteiger partial charge in [0, 0.05) is 31.9 Å². The number of sulfonamides is 1. The predicted molar refractivity (Wildman–Crippen MR) is 115 cm³/mol. The van der Waals surface area contributed by atoms with Gasteiger partial charge in [0.15, 0.2) is 0 Å². The normalized spacial score (nSPS) is 16.5. The lowest BCUT2D eigenvalue weighted by Crippen LogP contribution is -2.50. The van der Waals surface area contributed by atoms with Crippen molar-refractivity contribution in [1.82, 2.24) is 9.21 Å². The molecule has 1 N–H and O–H groups in total. The Morgan fingerprint density at radius 2 is 1.52 bits per heavy atom. The Kier molecular flexibility index (Phi) is 6.41. The highest BCUT2D eigenvalue weighted by Gasteiger charge is 2.29. The molecular formula is C22H29N3O3S. The molecular weight excluding hydrogens is 386 g/mol. The molecule has 3 rings (SSSR count). The van der Waals surface area contributed by atoms with E-state index in [1.165, 1.54) is 4.31 Å². The summed E-state index contributed by atoms with van der Waals surface area (Å²) in [5.74, 6) is -0.0823. The van der Waals surface area contributed by atoms with Crippen LogP contribution in [0.2, 0.25) is 0 Å². The van der Waals surface area contributed by atoms with Crippen LogP contribution in [-0.4, -0.2) is 56.3 Å². The Balaban J connectivity index is 1.57. The molecule has 0 atom stereocenters. The van der Waals surface area contributed by atoms with Crippen molar-refractivity contribution in [2.45, 2.75) is 31.1 Å². The van der Waals surface area contributed by atoms with Crippen LogP contribution in [0.3, 0.4) is 0 Å². The highest BCUT2D eigenvalue weighted by atomic mass is 32.2. The maximum atomic E-state index is 12.7. The van der Waals surface area contributed by atoms with Crippen molar-refractivity contribution in [1.29, 1.82) is 0 Å². The molecule has 1 aliphatic rings. The topological polar surface area (TPSA) is 69.7 Å². The first kappa shape index (κ1) is 21.5. The van der Waals surface area contributed by atoms with Crippen molar-refractivity contribution >= 4 is 21.6 Å². The van der Waals surface area contributed by atoms with Crippen LogP contribution in [0.1, 0.15) is 26.3 Å². The number of anilines is 1. The van der Waals surface area contributed by atoms with E-state index in [4.69, 9.17) is 0 Å². The molecule has 7 heteroatoms. The second-order valence-electron chi connectivity index (χ2n) is 8.34. The van der Waals surface area contributed by atoms with Crippen molar-refractivity contribution < 1.29 is 13.2 Å². The minimum Gasteiger partial charge on any atom is -0.325 e. The summed E-state index contributed by atoms with van der Waals surface area (Å²) in [5, 5.41) is 3.02. The van der Waals surface area contributed by atoms with E-state index >= 15 is 0 Å². The fraction of sp³-hybridized carbons (Fsp3) is 0.409. The zero-order valence-electron chi connectivity index (χ0n) is 17.3. The third-order valence-corrected chi connectivity index (χ3v) is 7.00. The molecule has 1 aliphatic heterocycles. The van der Waals surface area contributed by atoms with E-state index in [0.717, 1.165) is 11.3 Å². The SMILES string of the molecule is CC(C)(C)c1ccccc1NC(=O)CN1CCN(S(=O)(=O)c2ccccc2)CC1. The summed E-state index contributed by atoms with van der Waals surface area (Å²) in [5.41, 5.74) is 1.85. The fourth-order valence-corrected chi connectivity index (χ4v) is 4.95. The molecule has 0 saturated carbocycles. The fourth-order valence-electron chi connectivity index (χ4n) is 3.51. The Labute approximate surface area is 173 Å². The monoisotopic (exact) mass is 415 g/mol. The highest BCUT2D eigenvalue weighted by Crippen LogP contribution is 2.29. The minimum absolute atomic E-state index is 0.0682. The van der Waals surface area contributed by atoms with Crippen molar-refractivity contribution in [3.05, 3.63) is 60.2 Å². The smallest absolute Gasteiger partial charge is 0.243 e. The van der Waals surface area contributed by atoms with Crippen molar-refractivity contribution in [3.8, 4) is 0 Å². The first-order valence-corrected chi connectivity index (χ1v) is 11.3. The van der Waals surface area contributed by atoms with Gasteiger partial charge < -0.3 is 5.32 Å². The highest BCUT2D eigenvalue weighted by molar-refractivity contribution is 7.89. The van der Waals surface area contributed by atoms with Gasteiger partial charge in [-0.25, -0.2) is 8.42 Å². The molecule has 2 aromatic carbocycles. The Bertz CT molecular complexity index is 945. The second kappa shape index (κ2) is 8.65. The number of benzene rings is 2. The van der Waals surface area contributed by atoms with Crippen LogP contribution >= 0.6 is 0 Å². The minimum atomic E-state index is -3.48. The van der Waals surface area contributed by atoms with E-state index < -0.39 is 10.0 Å². The van der Waals surface area contributed by atoms with Crippen LogP contribution in [0.4, 0.5) is 5.69 Å².